The first-order chi connectivity index (χ1) is 16.1. The van der Waals surface area contributed by atoms with Crippen molar-refractivity contribution in [2.24, 2.45) is 23.7 Å². The van der Waals surface area contributed by atoms with Crippen molar-refractivity contribution in [3.8, 4) is 11.1 Å². The molecule has 0 aromatic carbocycles. The molecule has 2 aromatic heterocycles. The van der Waals surface area contributed by atoms with Crippen LogP contribution in [-0.4, -0.2) is 62.1 Å². The summed E-state index contributed by atoms with van der Waals surface area (Å²) in [4.78, 5) is 55.2. The maximum absolute atomic E-state index is 13.2. The lowest BCUT2D eigenvalue weighted by molar-refractivity contribution is -0.147. The highest BCUT2D eigenvalue weighted by Crippen LogP contribution is 2.56. The second-order valence-electron chi connectivity index (χ2n) is 9.88. The van der Waals surface area contributed by atoms with Crippen LogP contribution in [0.1, 0.15) is 43.7 Å². The van der Waals surface area contributed by atoms with E-state index >= 15 is 0 Å². The first-order valence-electron chi connectivity index (χ1n) is 11.9. The van der Waals surface area contributed by atoms with Gasteiger partial charge in [0.2, 0.25) is 17.7 Å². The Labute approximate surface area is 192 Å². The van der Waals surface area contributed by atoms with Crippen LogP contribution in [0.25, 0.3) is 11.1 Å². The first-order valence-corrected chi connectivity index (χ1v) is 11.9. The number of fused-ring (bicyclic) bond motifs is 5. The third-order valence-electron chi connectivity index (χ3n) is 8.21. The molecule has 5 atom stereocenters. The quantitative estimate of drug-likeness (QED) is 0.670. The fourth-order valence-corrected chi connectivity index (χ4v) is 6.71. The van der Waals surface area contributed by atoms with Crippen LogP contribution in [0.3, 0.4) is 0 Å². The number of hydrogen-bond acceptors (Lipinski definition) is 6. The Kier molecular flexibility index (Phi) is 4.96. The number of carbonyl (C=O) groups is 3. The van der Waals surface area contributed by atoms with Crippen molar-refractivity contribution in [3.05, 3.63) is 42.7 Å². The van der Waals surface area contributed by atoms with Crippen LogP contribution in [0.15, 0.2) is 37.1 Å². The molecule has 0 unspecified atom stereocenters. The summed E-state index contributed by atoms with van der Waals surface area (Å²) in [6.07, 6.45) is 11.7. The van der Waals surface area contributed by atoms with E-state index in [9.17, 15) is 14.4 Å². The lowest BCUT2D eigenvalue weighted by Crippen LogP contribution is -2.46. The van der Waals surface area contributed by atoms with Gasteiger partial charge in [-0.25, -0.2) is 9.97 Å². The van der Waals surface area contributed by atoms with Gasteiger partial charge < -0.3 is 4.90 Å². The third kappa shape index (κ3) is 3.34. The van der Waals surface area contributed by atoms with E-state index in [0.717, 1.165) is 48.9 Å². The summed E-state index contributed by atoms with van der Waals surface area (Å²) < 4.78 is 0. The molecule has 8 heteroatoms. The predicted octanol–water partition coefficient (Wildman–Crippen LogP) is 2.28. The van der Waals surface area contributed by atoms with Crippen LogP contribution in [0.5, 0.6) is 0 Å². The van der Waals surface area contributed by atoms with Gasteiger partial charge in [0.15, 0.2) is 0 Å². The van der Waals surface area contributed by atoms with E-state index in [1.807, 2.05) is 18.3 Å². The average Bonchev–Trinajstić information content (AvgIpc) is 3.55. The van der Waals surface area contributed by atoms with E-state index in [1.54, 1.807) is 23.6 Å². The summed E-state index contributed by atoms with van der Waals surface area (Å²) in [5.41, 5.74) is 2.87. The summed E-state index contributed by atoms with van der Waals surface area (Å²) >= 11 is 0. The molecule has 0 N–H and O–H groups in total. The number of hydrogen-bond donors (Lipinski definition) is 0. The van der Waals surface area contributed by atoms with Crippen molar-refractivity contribution in [3.63, 3.8) is 0 Å². The fraction of sp³-hybridized carbons (Fsp3) is 0.520. The number of nitrogens with zero attached hydrogens (tertiary/aromatic N) is 5. The zero-order valence-electron chi connectivity index (χ0n) is 18.5. The molecule has 2 aliphatic carbocycles. The smallest absolute Gasteiger partial charge is 0.242 e. The summed E-state index contributed by atoms with van der Waals surface area (Å²) in [5.74, 6) is 0.0110. The number of likely N-dealkylation sites (tertiary alicyclic amines) is 2. The number of imide groups is 1. The first kappa shape index (κ1) is 20.4. The Morgan fingerprint density at radius 1 is 1.00 bits per heavy atom. The SMILES string of the molecule is O=C(CN1C(=O)[C@@H]2[C@H]3CC[C@@H](C3)[C@@H]2C1=O)N1CCC[C@H](c2ncncc2-c2ccncc2)C1. The Morgan fingerprint density at radius 2 is 1.73 bits per heavy atom. The number of rotatable bonds is 4. The summed E-state index contributed by atoms with van der Waals surface area (Å²) in [7, 11) is 0. The van der Waals surface area contributed by atoms with E-state index in [2.05, 4.69) is 15.0 Å². The Morgan fingerprint density at radius 3 is 2.45 bits per heavy atom. The van der Waals surface area contributed by atoms with Gasteiger partial charge in [0.05, 0.1) is 17.5 Å². The number of aromatic nitrogens is 3. The highest BCUT2D eigenvalue weighted by atomic mass is 16.2. The normalized spacial score (nSPS) is 30.7. The highest BCUT2D eigenvalue weighted by Gasteiger charge is 2.61. The van der Waals surface area contributed by atoms with Crippen LogP contribution < -0.4 is 0 Å². The molecule has 2 saturated heterocycles. The molecule has 0 radical (unpaired) electrons. The zero-order valence-corrected chi connectivity index (χ0v) is 18.5. The second kappa shape index (κ2) is 8.01. The molecule has 2 saturated carbocycles. The van der Waals surface area contributed by atoms with Crippen molar-refractivity contribution >= 4 is 17.7 Å². The maximum Gasteiger partial charge on any atom is 0.242 e. The van der Waals surface area contributed by atoms with Crippen LogP contribution in [-0.2, 0) is 14.4 Å². The van der Waals surface area contributed by atoms with Crippen molar-refractivity contribution in [2.45, 2.75) is 38.0 Å². The molecular formula is C25H27N5O3. The Bertz CT molecular complexity index is 1080. The minimum Gasteiger partial charge on any atom is -0.340 e. The minimum absolute atomic E-state index is 0.0778. The standard InChI is InChI=1S/C25H27N5O3/c31-20(13-30-24(32)21-16-3-4-17(10-16)22(21)25(30)33)29-9-1-2-18(12-29)23-19(11-27-14-28-23)15-5-7-26-8-6-15/h5-8,11,14,16-18,21-22H,1-4,9-10,12-13H2/t16-,17-,18-,21-,22+/m0/s1. The van der Waals surface area contributed by atoms with Crippen molar-refractivity contribution in [2.75, 3.05) is 19.6 Å². The third-order valence-corrected chi connectivity index (χ3v) is 8.21. The molecule has 4 aliphatic rings. The molecular weight excluding hydrogens is 418 g/mol. The Balaban J connectivity index is 1.18. The van der Waals surface area contributed by atoms with Gasteiger partial charge in [-0.3, -0.25) is 24.3 Å². The van der Waals surface area contributed by atoms with Gasteiger partial charge in [0.1, 0.15) is 12.9 Å². The Hall–Kier alpha value is -3.16. The highest BCUT2D eigenvalue weighted by molar-refractivity contribution is 6.08. The van der Waals surface area contributed by atoms with E-state index in [0.29, 0.717) is 24.9 Å². The lowest BCUT2D eigenvalue weighted by atomic mass is 9.81. The van der Waals surface area contributed by atoms with Crippen LogP contribution in [0.4, 0.5) is 0 Å². The fourth-order valence-electron chi connectivity index (χ4n) is 6.71. The van der Waals surface area contributed by atoms with E-state index in [-0.39, 0.29) is 42.0 Å². The van der Waals surface area contributed by atoms with Gasteiger partial charge in [-0.05, 0) is 61.6 Å². The average molecular weight is 446 g/mol. The molecule has 3 amide bonds. The molecule has 33 heavy (non-hydrogen) atoms. The molecule has 6 rings (SSSR count). The van der Waals surface area contributed by atoms with Gasteiger partial charge in [0, 0.05) is 43.2 Å². The van der Waals surface area contributed by atoms with Gasteiger partial charge in [-0.1, -0.05) is 0 Å². The van der Waals surface area contributed by atoms with Gasteiger partial charge in [-0.15, -0.1) is 0 Å². The summed E-state index contributed by atoms with van der Waals surface area (Å²) in [6.45, 7) is 1.04. The van der Waals surface area contributed by atoms with E-state index in [1.165, 1.54) is 4.90 Å². The van der Waals surface area contributed by atoms with Crippen molar-refractivity contribution < 1.29 is 14.4 Å². The topological polar surface area (TPSA) is 96.4 Å². The molecule has 4 heterocycles. The minimum atomic E-state index is -0.179. The van der Waals surface area contributed by atoms with E-state index in [4.69, 9.17) is 0 Å². The number of amides is 3. The van der Waals surface area contributed by atoms with Crippen LogP contribution in [0.2, 0.25) is 0 Å². The van der Waals surface area contributed by atoms with Crippen molar-refractivity contribution in [1.82, 2.24) is 24.8 Å². The largest absolute Gasteiger partial charge is 0.340 e. The molecule has 2 bridgehead atoms. The van der Waals surface area contributed by atoms with Gasteiger partial charge in [0.25, 0.3) is 0 Å². The predicted molar refractivity (Wildman–Crippen MR) is 118 cm³/mol. The van der Waals surface area contributed by atoms with Crippen molar-refractivity contribution in [1.29, 1.82) is 0 Å². The maximum atomic E-state index is 13.2. The number of pyridine rings is 1. The lowest BCUT2D eigenvalue weighted by Gasteiger charge is -2.34. The molecule has 8 nitrogen and oxygen atoms in total. The monoisotopic (exact) mass is 445 g/mol. The molecule has 4 fully saturated rings. The van der Waals surface area contributed by atoms with E-state index < -0.39 is 0 Å². The number of carbonyl (C=O) groups excluding carboxylic acids is 3. The zero-order chi connectivity index (χ0) is 22.5. The molecule has 170 valence electrons. The molecule has 2 aliphatic heterocycles. The second-order valence-corrected chi connectivity index (χ2v) is 9.88. The summed E-state index contributed by atoms with van der Waals surface area (Å²) in [5, 5.41) is 0. The van der Waals surface area contributed by atoms with Crippen LogP contribution >= 0.6 is 0 Å². The molecule has 2 aromatic rings. The summed E-state index contributed by atoms with van der Waals surface area (Å²) in [6, 6.07) is 3.87. The number of piperidine rings is 1. The van der Waals surface area contributed by atoms with Gasteiger partial charge in [-0.2, -0.15) is 0 Å². The molecule has 0 spiro atoms. The van der Waals surface area contributed by atoms with Gasteiger partial charge >= 0.3 is 0 Å². The van der Waals surface area contributed by atoms with Crippen LogP contribution in [0, 0.1) is 23.7 Å².